The van der Waals surface area contributed by atoms with Crippen molar-refractivity contribution in [1.29, 1.82) is 0 Å². The lowest BCUT2D eigenvalue weighted by Gasteiger charge is -2.05. The van der Waals surface area contributed by atoms with Crippen LogP contribution < -0.4 is 5.32 Å². The molecule has 2 aromatic rings. The quantitative estimate of drug-likeness (QED) is 0.886. The summed E-state index contributed by atoms with van der Waals surface area (Å²) in [5, 5.41) is 5.20. The van der Waals surface area contributed by atoms with Crippen LogP contribution in [0.2, 0.25) is 0 Å². The fraction of sp³-hybridized carbons (Fsp3) is 0.400. The Bertz CT molecular complexity index is 498. The molecule has 0 radical (unpaired) electrons. The van der Waals surface area contributed by atoms with Gasteiger partial charge in [-0.1, -0.05) is 6.92 Å². The predicted molar refractivity (Wildman–Crippen MR) is 69.5 cm³/mol. The summed E-state index contributed by atoms with van der Waals surface area (Å²) in [6.45, 7) is 2.61. The maximum absolute atomic E-state index is 11.3. The molecule has 0 amide bonds. The molecule has 1 atom stereocenters. The Morgan fingerprint density at radius 2 is 2.38 bits per heavy atom. The Morgan fingerprint density at radius 1 is 1.50 bits per heavy atom. The largest absolute Gasteiger partial charge is 0.368 e. The predicted octanol–water partition coefficient (Wildman–Crippen LogP) is 1.87. The van der Waals surface area contributed by atoms with E-state index < -0.39 is 10.8 Å². The molecule has 0 bridgehead atoms. The molecule has 4 nitrogen and oxygen atoms in total. The molecular weight excluding hydrogens is 242 g/mol. The highest BCUT2D eigenvalue weighted by atomic mass is 32.2. The van der Waals surface area contributed by atoms with Gasteiger partial charge in [0.05, 0.1) is 10.2 Å². The molecule has 1 N–H and O–H groups in total. The molecule has 16 heavy (non-hydrogen) atoms. The van der Waals surface area contributed by atoms with E-state index in [-0.39, 0.29) is 0 Å². The highest BCUT2D eigenvalue weighted by Gasteiger charge is 2.04. The van der Waals surface area contributed by atoms with Crippen LogP contribution in [0.3, 0.4) is 0 Å². The summed E-state index contributed by atoms with van der Waals surface area (Å²) in [4.78, 5) is 8.35. The SMILES string of the molecule is CCS(=O)CCNc1ncnc2ccsc12. The summed E-state index contributed by atoms with van der Waals surface area (Å²) in [6.07, 6.45) is 1.55. The second-order valence-corrected chi connectivity index (χ2v) is 6.00. The van der Waals surface area contributed by atoms with Crippen molar-refractivity contribution in [3.8, 4) is 0 Å². The van der Waals surface area contributed by atoms with Crippen molar-refractivity contribution in [2.75, 3.05) is 23.4 Å². The van der Waals surface area contributed by atoms with E-state index in [0.29, 0.717) is 18.1 Å². The minimum absolute atomic E-state index is 0.660. The number of nitrogens with zero attached hydrogens (tertiary/aromatic N) is 2. The number of anilines is 1. The molecule has 0 spiro atoms. The number of aromatic nitrogens is 2. The van der Waals surface area contributed by atoms with Crippen molar-refractivity contribution >= 4 is 38.2 Å². The van der Waals surface area contributed by atoms with Crippen LogP contribution in [0, 0.1) is 0 Å². The minimum atomic E-state index is -0.727. The number of nitrogens with one attached hydrogen (secondary N) is 1. The highest BCUT2D eigenvalue weighted by Crippen LogP contribution is 2.24. The number of thiophene rings is 1. The summed E-state index contributed by atoms with van der Waals surface area (Å²) in [5.74, 6) is 2.21. The Hall–Kier alpha value is -1.01. The molecule has 2 heterocycles. The standard InChI is InChI=1S/C10H13N3OS2/c1-2-16(14)6-4-11-10-9-8(3-5-15-9)12-7-13-10/h3,5,7H,2,4,6H2,1H3,(H,11,12,13). The van der Waals surface area contributed by atoms with Gasteiger partial charge in [-0.15, -0.1) is 11.3 Å². The molecule has 0 aliphatic heterocycles. The molecule has 0 fully saturated rings. The zero-order valence-electron chi connectivity index (χ0n) is 8.97. The van der Waals surface area contributed by atoms with Gasteiger partial charge >= 0.3 is 0 Å². The normalized spacial score (nSPS) is 12.8. The van der Waals surface area contributed by atoms with Crippen LogP contribution in [-0.2, 0) is 10.8 Å². The topological polar surface area (TPSA) is 54.9 Å². The first-order chi connectivity index (χ1) is 7.81. The zero-order valence-corrected chi connectivity index (χ0v) is 10.6. The third-order valence-corrected chi connectivity index (χ3v) is 4.40. The maximum Gasteiger partial charge on any atom is 0.147 e. The molecule has 0 aromatic carbocycles. The maximum atomic E-state index is 11.3. The average molecular weight is 255 g/mol. The molecule has 6 heteroatoms. The lowest BCUT2D eigenvalue weighted by atomic mass is 10.4. The van der Waals surface area contributed by atoms with E-state index in [0.717, 1.165) is 16.0 Å². The Morgan fingerprint density at radius 3 is 3.19 bits per heavy atom. The van der Waals surface area contributed by atoms with Crippen LogP contribution in [0.15, 0.2) is 17.8 Å². The summed E-state index contributed by atoms with van der Waals surface area (Å²) in [6, 6.07) is 1.97. The van der Waals surface area contributed by atoms with E-state index in [1.807, 2.05) is 18.4 Å². The van der Waals surface area contributed by atoms with E-state index in [1.54, 1.807) is 17.7 Å². The molecule has 0 saturated heterocycles. The Kier molecular flexibility index (Phi) is 3.84. The molecule has 0 aliphatic rings. The average Bonchev–Trinajstić information content (AvgIpc) is 2.77. The number of hydrogen-bond donors (Lipinski definition) is 1. The lowest BCUT2D eigenvalue weighted by Crippen LogP contribution is -2.12. The van der Waals surface area contributed by atoms with Gasteiger partial charge in [-0.3, -0.25) is 4.21 Å². The molecule has 2 rings (SSSR count). The van der Waals surface area contributed by atoms with E-state index in [1.165, 1.54) is 0 Å². The van der Waals surface area contributed by atoms with Crippen molar-refractivity contribution in [2.45, 2.75) is 6.92 Å². The monoisotopic (exact) mass is 255 g/mol. The fourth-order valence-electron chi connectivity index (χ4n) is 1.34. The van der Waals surface area contributed by atoms with Gasteiger partial charge in [0.15, 0.2) is 0 Å². The van der Waals surface area contributed by atoms with Crippen molar-refractivity contribution in [1.82, 2.24) is 9.97 Å². The number of hydrogen-bond acceptors (Lipinski definition) is 5. The smallest absolute Gasteiger partial charge is 0.147 e. The van der Waals surface area contributed by atoms with E-state index >= 15 is 0 Å². The van der Waals surface area contributed by atoms with Crippen LogP contribution in [0.25, 0.3) is 10.2 Å². The fourth-order valence-corrected chi connectivity index (χ4v) is 2.77. The lowest BCUT2D eigenvalue weighted by molar-refractivity contribution is 0.684. The summed E-state index contributed by atoms with van der Waals surface area (Å²) < 4.78 is 12.3. The molecule has 2 aromatic heterocycles. The van der Waals surface area contributed by atoms with E-state index in [9.17, 15) is 4.21 Å². The summed E-state index contributed by atoms with van der Waals surface area (Å²) in [5.41, 5.74) is 0.958. The van der Waals surface area contributed by atoms with Crippen molar-refractivity contribution in [2.24, 2.45) is 0 Å². The van der Waals surface area contributed by atoms with Gasteiger partial charge < -0.3 is 5.32 Å². The van der Waals surface area contributed by atoms with E-state index in [4.69, 9.17) is 0 Å². The van der Waals surface area contributed by atoms with Gasteiger partial charge in [0, 0.05) is 28.9 Å². The van der Waals surface area contributed by atoms with Crippen LogP contribution in [-0.4, -0.2) is 32.2 Å². The number of rotatable bonds is 5. The van der Waals surface area contributed by atoms with Crippen LogP contribution in [0.4, 0.5) is 5.82 Å². The highest BCUT2D eigenvalue weighted by molar-refractivity contribution is 7.84. The molecule has 0 aliphatic carbocycles. The van der Waals surface area contributed by atoms with Gasteiger partial charge in [0.1, 0.15) is 12.1 Å². The first kappa shape index (κ1) is 11.5. The van der Waals surface area contributed by atoms with Crippen LogP contribution >= 0.6 is 11.3 Å². The molecule has 1 unspecified atom stereocenters. The van der Waals surface area contributed by atoms with Crippen LogP contribution in [0.1, 0.15) is 6.92 Å². The van der Waals surface area contributed by atoms with Gasteiger partial charge in [-0.25, -0.2) is 9.97 Å². The first-order valence-corrected chi connectivity index (χ1v) is 7.45. The van der Waals surface area contributed by atoms with Gasteiger partial charge in [-0.05, 0) is 11.4 Å². The number of fused-ring (bicyclic) bond motifs is 1. The van der Waals surface area contributed by atoms with Crippen molar-refractivity contribution < 1.29 is 4.21 Å². The second kappa shape index (κ2) is 5.36. The molecule has 86 valence electrons. The van der Waals surface area contributed by atoms with Crippen molar-refractivity contribution in [3.05, 3.63) is 17.8 Å². The van der Waals surface area contributed by atoms with Gasteiger partial charge in [0.25, 0.3) is 0 Å². The third-order valence-electron chi connectivity index (χ3n) is 2.19. The van der Waals surface area contributed by atoms with Gasteiger partial charge in [-0.2, -0.15) is 0 Å². The zero-order chi connectivity index (χ0) is 11.4. The van der Waals surface area contributed by atoms with E-state index in [2.05, 4.69) is 15.3 Å². The molecule has 0 saturated carbocycles. The minimum Gasteiger partial charge on any atom is -0.368 e. The van der Waals surface area contributed by atoms with Gasteiger partial charge in [0.2, 0.25) is 0 Å². The Labute approximate surface area is 101 Å². The van der Waals surface area contributed by atoms with Crippen molar-refractivity contribution in [3.63, 3.8) is 0 Å². The van der Waals surface area contributed by atoms with Crippen LogP contribution in [0.5, 0.6) is 0 Å². The second-order valence-electron chi connectivity index (χ2n) is 3.22. The first-order valence-electron chi connectivity index (χ1n) is 5.08. The third kappa shape index (κ3) is 2.56. The molecular formula is C10H13N3OS2. The summed E-state index contributed by atoms with van der Waals surface area (Å²) in [7, 11) is -0.727. The summed E-state index contributed by atoms with van der Waals surface area (Å²) >= 11 is 1.62. The Balaban J connectivity index is 2.04.